The molecule has 0 aliphatic rings. The topological polar surface area (TPSA) is 61.1 Å². The summed E-state index contributed by atoms with van der Waals surface area (Å²) in [7, 11) is 0. The second kappa shape index (κ2) is 17.0. The van der Waals surface area contributed by atoms with Crippen LogP contribution in [0.4, 0.5) is 0 Å². The second-order valence-corrected chi connectivity index (χ2v) is 6.00. The molecule has 122 valence electrons. The minimum absolute atomic E-state index is 0.330. The fourth-order valence-corrected chi connectivity index (χ4v) is 2.60. The van der Waals surface area contributed by atoms with Gasteiger partial charge in [0, 0.05) is 12.8 Å². The number of carbonyl (C=O) groups is 1. The summed E-state index contributed by atoms with van der Waals surface area (Å²) in [5.74, 6) is -0.667. The summed E-state index contributed by atoms with van der Waals surface area (Å²) in [6, 6.07) is 2.19. The summed E-state index contributed by atoms with van der Waals surface area (Å²) in [5.41, 5.74) is 0. The van der Waals surface area contributed by atoms with Crippen LogP contribution < -0.4 is 0 Å². The number of nitriles is 1. The number of hydrogen-bond acceptors (Lipinski definition) is 2. The lowest BCUT2D eigenvalue weighted by Crippen LogP contribution is -1.93. The first kappa shape index (κ1) is 20.0. The van der Waals surface area contributed by atoms with Gasteiger partial charge >= 0.3 is 5.97 Å². The van der Waals surface area contributed by atoms with Gasteiger partial charge in [0.05, 0.1) is 6.07 Å². The van der Waals surface area contributed by atoms with Crippen molar-refractivity contribution in [2.45, 2.75) is 103 Å². The largest absolute Gasteiger partial charge is 0.481 e. The van der Waals surface area contributed by atoms with E-state index >= 15 is 0 Å². The third-order valence-electron chi connectivity index (χ3n) is 3.93. The Kier molecular flexibility index (Phi) is 16.2. The van der Waals surface area contributed by atoms with E-state index in [0.29, 0.717) is 6.42 Å². The van der Waals surface area contributed by atoms with E-state index in [1.807, 2.05) is 0 Å². The van der Waals surface area contributed by atoms with Gasteiger partial charge in [-0.15, -0.1) is 0 Å². The van der Waals surface area contributed by atoms with Crippen molar-refractivity contribution in [1.82, 2.24) is 0 Å². The molecule has 21 heavy (non-hydrogen) atoms. The SMILES string of the molecule is N#CCCCCCCCCCCCCCCCCC(=O)O. The van der Waals surface area contributed by atoms with Crippen LogP contribution in [0.1, 0.15) is 103 Å². The van der Waals surface area contributed by atoms with E-state index in [1.165, 1.54) is 70.6 Å². The first-order valence-electron chi connectivity index (χ1n) is 8.86. The maximum atomic E-state index is 10.3. The maximum Gasteiger partial charge on any atom is 0.303 e. The van der Waals surface area contributed by atoms with Crippen LogP contribution in [0.3, 0.4) is 0 Å². The molecular formula is C18H33NO2. The molecule has 0 unspecified atom stereocenters. The third-order valence-corrected chi connectivity index (χ3v) is 3.93. The fourth-order valence-electron chi connectivity index (χ4n) is 2.60. The summed E-state index contributed by atoms with van der Waals surface area (Å²) in [5, 5.41) is 16.9. The molecular weight excluding hydrogens is 262 g/mol. The minimum Gasteiger partial charge on any atom is -0.481 e. The molecule has 0 saturated carbocycles. The van der Waals surface area contributed by atoms with Gasteiger partial charge < -0.3 is 5.11 Å². The molecule has 0 aliphatic heterocycles. The summed E-state index contributed by atoms with van der Waals surface area (Å²) in [4.78, 5) is 10.3. The van der Waals surface area contributed by atoms with Crippen molar-refractivity contribution < 1.29 is 9.90 Å². The van der Waals surface area contributed by atoms with Crippen molar-refractivity contribution in [2.75, 3.05) is 0 Å². The molecule has 1 N–H and O–H groups in total. The zero-order chi connectivity index (χ0) is 15.6. The molecule has 3 nitrogen and oxygen atoms in total. The average molecular weight is 295 g/mol. The van der Waals surface area contributed by atoms with Gasteiger partial charge in [-0.3, -0.25) is 4.79 Å². The van der Waals surface area contributed by atoms with Crippen molar-refractivity contribution >= 4 is 5.97 Å². The van der Waals surface area contributed by atoms with Gasteiger partial charge in [0.1, 0.15) is 0 Å². The normalized spacial score (nSPS) is 10.4. The van der Waals surface area contributed by atoms with Crippen molar-refractivity contribution in [3.63, 3.8) is 0 Å². The summed E-state index contributed by atoms with van der Waals surface area (Å²) in [6.07, 6.45) is 18.4. The zero-order valence-electron chi connectivity index (χ0n) is 13.6. The van der Waals surface area contributed by atoms with Gasteiger partial charge in [0.2, 0.25) is 0 Å². The third kappa shape index (κ3) is 19.0. The highest BCUT2D eigenvalue weighted by atomic mass is 16.4. The molecule has 0 amide bonds. The predicted octanol–water partition coefficient (Wildman–Crippen LogP) is 5.84. The van der Waals surface area contributed by atoms with Crippen LogP contribution in [0.25, 0.3) is 0 Å². The quantitative estimate of drug-likeness (QED) is 0.364. The van der Waals surface area contributed by atoms with Crippen LogP contribution in [-0.2, 0) is 4.79 Å². The van der Waals surface area contributed by atoms with Gasteiger partial charge in [-0.25, -0.2) is 0 Å². The Bertz CT molecular complexity index is 271. The molecule has 0 saturated heterocycles. The van der Waals surface area contributed by atoms with Crippen LogP contribution in [-0.4, -0.2) is 11.1 Å². The molecule has 0 atom stereocenters. The average Bonchev–Trinajstić information content (AvgIpc) is 2.46. The van der Waals surface area contributed by atoms with Crippen molar-refractivity contribution in [2.24, 2.45) is 0 Å². The van der Waals surface area contributed by atoms with Crippen LogP contribution in [0.2, 0.25) is 0 Å². The van der Waals surface area contributed by atoms with Crippen molar-refractivity contribution in [1.29, 1.82) is 5.26 Å². The highest BCUT2D eigenvalue weighted by Crippen LogP contribution is 2.13. The van der Waals surface area contributed by atoms with E-state index in [4.69, 9.17) is 10.4 Å². The van der Waals surface area contributed by atoms with E-state index in [1.54, 1.807) is 0 Å². The van der Waals surface area contributed by atoms with E-state index in [-0.39, 0.29) is 0 Å². The van der Waals surface area contributed by atoms with Crippen molar-refractivity contribution in [3.8, 4) is 6.07 Å². The van der Waals surface area contributed by atoms with Crippen LogP contribution in [0.15, 0.2) is 0 Å². The smallest absolute Gasteiger partial charge is 0.303 e. The molecule has 3 heteroatoms. The first-order chi connectivity index (χ1) is 10.3. The lowest BCUT2D eigenvalue weighted by molar-refractivity contribution is -0.137. The molecule has 0 spiro atoms. The predicted molar refractivity (Wildman–Crippen MR) is 87.1 cm³/mol. The van der Waals surface area contributed by atoms with Gasteiger partial charge in [-0.1, -0.05) is 77.0 Å². The Labute approximate surface area is 130 Å². The number of unbranched alkanes of at least 4 members (excludes halogenated alkanes) is 14. The standard InChI is InChI=1S/C18H33NO2/c19-17-15-13-11-9-7-5-3-1-2-4-6-8-10-12-14-16-18(20)21/h1-16H2,(H,20,21). The summed E-state index contributed by atoms with van der Waals surface area (Å²) in [6.45, 7) is 0. The minimum atomic E-state index is -0.667. The second-order valence-electron chi connectivity index (χ2n) is 6.00. The summed E-state index contributed by atoms with van der Waals surface area (Å²) >= 11 is 0. The van der Waals surface area contributed by atoms with Crippen molar-refractivity contribution in [3.05, 3.63) is 0 Å². The fraction of sp³-hybridized carbons (Fsp3) is 0.889. The molecule has 0 fully saturated rings. The molecule has 0 aromatic heterocycles. The zero-order valence-corrected chi connectivity index (χ0v) is 13.6. The number of aliphatic carboxylic acids is 1. The molecule has 0 heterocycles. The van der Waals surface area contributed by atoms with E-state index < -0.39 is 5.97 Å². The molecule has 0 aromatic rings. The van der Waals surface area contributed by atoms with E-state index in [2.05, 4.69) is 6.07 Å². The Morgan fingerprint density at radius 3 is 1.33 bits per heavy atom. The number of nitrogens with zero attached hydrogens (tertiary/aromatic N) is 1. The molecule has 0 rings (SSSR count). The van der Waals surface area contributed by atoms with Crippen LogP contribution in [0.5, 0.6) is 0 Å². The monoisotopic (exact) mass is 295 g/mol. The number of hydrogen-bond donors (Lipinski definition) is 1. The van der Waals surface area contributed by atoms with E-state index in [0.717, 1.165) is 25.7 Å². The Morgan fingerprint density at radius 1 is 0.667 bits per heavy atom. The summed E-state index contributed by atoms with van der Waals surface area (Å²) < 4.78 is 0. The first-order valence-corrected chi connectivity index (χ1v) is 8.86. The van der Waals surface area contributed by atoms with Gasteiger partial charge in [-0.05, 0) is 12.8 Å². The Hall–Kier alpha value is -1.04. The Morgan fingerprint density at radius 2 is 1.00 bits per heavy atom. The highest BCUT2D eigenvalue weighted by molar-refractivity contribution is 5.66. The number of rotatable bonds is 16. The van der Waals surface area contributed by atoms with Gasteiger partial charge in [0.15, 0.2) is 0 Å². The Balaban J connectivity index is 2.96. The molecule has 0 radical (unpaired) electrons. The van der Waals surface area contributed by atoms with Crippen LogP contribution in [0, 0.1) is 11.3 Å². The molecule has 0 aliphatic carbocycles. The lowest BCUT2D eigenvalue weighted by atomic mass is 10.0. The van der Waals surface area contributed by atoms with Gasteiger partial charge in [-0.2, -0.15) is 5.26 Å². The number of carboxylic acids is 1. The molecule has 0 aromatic carbocycles. The molecule has 0 bridgehead atoms. The van der Waals surface area contributed by atoms with Gasteiger partial charge in [0.25, 0.3) is 0 Å². The lowest BCUT2D eigenvalue weighted by Gasteiger charge is -2.03. The maximum absolute atomic E-state index is 10.3. The van der Waals surface area contributed by atoms with Crippen LogP contribution >= 0.6 is 0 Å². The van der Waals surface area contributed by atoms with E-state index in [9.17, 15) is 4.79 Å². The highest BCUT2D eigenvalue weighted by Gasteiger charge is 1.97. The number of carboxylic acid groups (broad SMARTS) is 1.